The van der Waals surface area contributed by atoms with Gasteiger partial charge in [-0.3, -0.25) is 0 Å². The lowest BCUT2D eigenvalue weighted by Gasteiger charge is -2.06. The van der Waals surface area contributed by atoms with Crippen LogP contribution in [-0.4, -0.2) is 17.1 Å². The van der Waals surface area contributed by atoms with Crippen molar-refractivity contribution in [1.29, 1.82) is 5.26 Å². The minimum atomic E-state index is 0.380. The molecule has 0 aliphatic carbocycles. The third-order valence-electron chi connectivity index (χ3n) is 4.11. The minimum Gasteiger partial charge on any atom is -0.496 e. The Morgan fingerprint density at radius 3 is 2.85 bits per heavy atom. The molecule has 132 valence electrons. The predicted molar refractivity (Wildman–Crippen MR) is 105 cm³/mol. The van der Waals surface area contributed by atoms with Crippen LogP contribution in [0.3, 0.4) is 0 Å². The highest BCUT2D eigenvalue weighted by Crippen LogP contribution is 2.34. The molecule has 0 aliphatic heterocycles. The van der Waals surface area contributed by atoms with Gasteiger partial charge in [-0.15, -0.1) is 0 Å². The molecule has 0 bridgehead atoms. The summed E-state index contributed by atoms with van der Waals surface area (Å²) >= 11 is 6.09. The molecule has 0 radical (unpaired) electrons. The summed E-state index contributed by atoms with van der Waals surface area (Å²) in [4.78, 5) is 7.61. The Balaban J connectivity index is 1.72. The summed E-state index contributed by atoms with van der Waals surface area (Å²) < 4.78 is 11.3. The van der Waals surface area contributed by atoms with Crippen LogP contribution in [0.15, 0.2) is 59.0 Å². The van der Waals surface area contributed by atoms with Crippen LogP contribution in [0.25, 0.3) is 34.0 Å². The van der Waals surface area contributed by atoms with E-state index in [1.54, 1.807) is 37.5 Å². The summed E-state index contributed by atoms with van der Waals surface area (Å²) in [5.41, 5.74) is 2.80. The number of para-hydroxylation sites is 2. The van der Waals surface area contributed by atoms with Gasteiger partial charge in [0.05, 0.1) is 29.3 Å². The van der Waals surface area contributed by atoms with Crippen molar-refractivity contribution < 1.29 is 9.15 Å². The van der Waals surface area contributed by atoms with Gasteiger partial charge in [-0.25, -0.2) is 4.98 Å². The Morgan fingerprint density at radius 2 is 2.07 bits per heavy atom. The highest BCUT2D eigenvalue weighted by Gasteiger charge is 2.13. The number of nitrogens with one attached hydrogen (secondary N) is 1. The van der Waals surface area contributed by atoms with Crippen LogP contribution in [0.1, 0.15) is 11.6 Å². The number of rotatable bonds is 4. The number of nitrogens with zero attached hydrogens (tertiary/aromatic N) is 2. The molecule has 0 fully saturated rings. The van der Waals surface area contributed by atoms with Crippen molar-refractivity contribution in [2.45, 2.75) is 0 Å². The van der Waals surface area contributed by atoms with Gasteiger partial charge in [-0.2, -0.15) is 5.26 Å². The second-order valence-corrected chi connectivity index (χ2v) is 6.26. The van der Waals surface area contributed by atoms with Gasteiger partial charge >= 0.3 is 0 Å². The van der Waals surface area contributed by atoms with Gasteiger partial charge in [0.1, 0.15) is 29.2 Å². The first-order valence-corrected chi connectivity index (χ1v) is 8.56. The van der Waals surface area contributed by atoms with Crippen LogP contribution in [-0.2, 0) is 0 Å². The maximum atomic E-state index is 9.55. The molecular weight excluding hydrogens is 362 g/mol. The van der Waals surface area contributed by atoms with Gasteiger partial charge < -0.3 is 14.1 Å². The van der Waals surface area contributed by atoms with E-state index in [1.165, 1.54) is 0 Å². The molecule has 0 unspecified atom stereocenters. The molecule has 1 N–H and O–H groups in total. The zero-order chi connectivity index (χ0) is 18.8. The Labute approximate surface area is 160 Å². The molecule has 5 nitrogen and oxygen atoms in total. The standard InChI is InChI=1S/C21H14ClN3O2/c1-26-19-8-6-14(22)11-16(19)20-9-7-15(27-20)10-13(12-23)21-24-17-4-2-3-5-18(17)25-21/h2-11H,1H3,(H,24,25)/b13-10+. The lowest BCUT2D eigenvalue weighted by atomic mass is 10.1. The number of ether oxygens (including phenoxy) is 1. The molecule has 0 saturated heterocycles. The summed E-state index contributed by atoms with van der Waals surface area (Å²) in [6.45, 7) is 0. The van der Waals surface area contributed by atoms with E-state index in [4.69, 9.17) is 20.8 Å². The third-order valence-corrected chi connectivity index (χ3v) is 4.34. The summed E-state index contributed by atoms with van der Waals surface area (Å²) in [5, 5.41) is 10.1. The van der Waals surface area contributed by atoms with Gasteiger partial charge in [0, 0.05) is 11.1 Å². The van der Waals surface area contributed by atoms with Gasteiger partial charge in [0.15, 0.2) is 0 Å². The van der Waals surface area contributed by atoms with Gasteiger partial charge in [0.25, 0.3) is 0 Å². The van der Waals surface area contributed by atoms with Gasteiger partial charge in [0.2, 0.25) is 0 Å². The van der Waals surface area contributed by atoms with E-state index in [0.29, 0.717) is 33.7 Å². The molecule has 0 saturated carbocycles. The minimum absolute atomic E-state index is 0.380. The number of aromatic amines is 1. The van der Waals surface area contributed by atoms with Gasteiger partial charge in [-0.1, -0.05) is 23.7 Å². The summed E-state index contributed by atoms with van der Waals surface area (Å²) in [5.74, 6) is 2.28. The molecule has 0 atom stereocenters. The summed E-state index contributed by atoms with van der Waals surface area (Å²) in [6, 6.07) is 18.7. The number of allylic oxidation sites excluding steroid dienone is 1. The molecule has 2 aromatic heterocycles. The van der Waals surface area contributed by atoms with Crippen LogP contribution in [0.4, 0.5) is 0 Å². The van der Waals surface area contributed by atoms with Crippen molar-refractivity contribution in [3.63, 3.8) is 0 Å². The highest BCUT2D eigenvalue weighted by atomic mass is 35.5. The number of nitriles is 1. The van der Waals surface area contributed by atoms with E-state index < -0.39 is 0 Å². The SMILES string of the molecule is COc1ccc(Cl)cc1-c1ccc(/C=C(\C#N)c2nc3ccccc3[nH]2)o1. The molecule has 4 rings (SSSR count). The first-order valence-electron chi connectivity index (χ1n) is 8.18. The van der Waals surface area contributed by atoms with Crippen LogP contribution in [0.2, 0.25) is 5.02 Å². The van der Waals surface area contributed by atoms with Crippen molar-refractivity contribution in [2.75, 3.05) is 7.11 Å². The van der Waals surface area contributed by atoms with E-state index in [-0.39, 0.29) is 0 Å². The second kappa shape index (κ2) is 7.02. The number of H-pyrrole nitrogens is 1. The van der Waals surface area contributed by atoms with Crippen molar-refractivity contribution in [2.24, 2.45) is 0 Å². The topological polar surface area (TPSA) is 74.8 Å². The Morgan fingerprint density at radius 1 is 1.22 bits per heavy atom. The molecule has 0 spiro atoms. The number of fused-ring (bicyclic) bond motifs is 1. The lowest BCUT2D eigenvalue weighted by molar-refractivity contribution is 0.414. The first-order chi connectivity index (χ1) is 13.2. The fraction of sp³-hybridized carbons (Fsp3) is 0.0476. The number of imidazole rings is 1. The van der Waals surface area contributed by atoms with E-state index >= 15 is 0 Å². The fourth-order valence-electron chi connectivity index (χ4n) is 2.82. The molecule has 0 amide bonds. The number of aromatic nitrogens is 2. The number of methoxy groups -OCH3 is 1. The van der Waals surface area contributed by atoms with Gasteiger partial charge in [-0.05, 0) is 42.5 Å². The van der Waals surface area contributed by atoms with Crippen LogP contribution >= 0.6 is 11.6 Å². The Bertz CT molecular complexity index is 1160. The van der Waals surface area contributed by atoms with Crippen LogP contribution in [0.5, 0.6) is 5.75 Å². The first kappa shape index (κ1) is 17.0. The number of hydrogen-bond acceptors (Lipinski definition) is 4. The van der Waals surface area contributed by atoms with Crippen molar-refractivity contribution in [1.82, 2.24) is 9.97 Å². The normalized spacial score (nSPS) is 11.5. The number of furan rings is 1. The lowest BCUT2D eigenvalue weighted by Crippen LogP contribution is -1.86. The maximum absolute atomic E-state index is 9.55. The van der Waals surface area contributed by atoms with Crippen molar-refractivity contribution >= 4 is 34.3 Å². The summed E-state index contributed by atoms with van der Waals surface area (Å²) in [7, 11) is 1.59. The zero-order valence-electron chi connectivity index (χ0n) is 14.4. The number of halogens is 1. The number of benzene rings is 2. The molecule has 2 heterocycles. The Hall–Kier alpha value is -3.49. The zero-order valence-corrected chi connectivity index (χ0v) is 15.1. The monoisotopic (exact) mass is 375 g/mol. The third kappa shape index (κ3) is 3.31. The van der Waals surface area contributed by atoms with E-state index in [2.05, 4.69) is 16.0 Å². The largest absolute Gasteiger partial charge is 0.496 e. The highest BCUT2D eigenvalue weighted by molar-refractivity contribution is 6.30. The Kier molecular flexibility index (Phi) is 4.41. The predicted octanol–water partition coefficient (Wildman–Crippen LogP) is 5.55. The van der Waals surface area contributed by atoms with Crippen molar-refractivity contribution in [3.8, 4) is 23.1 Å². The summed E-state index contributed by atoms with van der Waals surface area (Å²) in [6.07, 6.45) is 1.65. The fourth-order valence-corrected chi connectivity index (χ4v) is 3.00. The maximum Gasteiger partial charge on any atom is 0.149 e. The van der Waals surface area contributed by atoms with E-state index in [9.17, 15) is 5.26 Å². The average molecular weight is 376 g/mol. The van der Waals surface area contributed by atoms with Crippen molar-refractivity contribution in [3.05, 3.63) is 71.2 Å². The molecule has 0 aliphatic rings. The smallest absolute Gasteiger partial charge is 0.149 e. The van der Waals surface area contributed by atoms with E-state index in [1.807, 2.05) is 30.3 Å². The molecule has 2 aromatic carbocycles. The number of hydrogen-bond donors (Lipinski definition) is 1. The van der Waals surface area contributed by atoms with E-state index in [0.717, 1.165) is 16.6 Å². The quantitative estimate of drug-likeness (QED) is 0.474. The second-order valence-electron chi connectivity index (χ2n) is 5.82. The molecule has 4 aromatic rings. The molecule has 6 heteroatoms. The average Bonchev–Trinajstić information content (AvgIpc) is 3.32. The van der Waals surface area contributed by atoms with Crippen LogP contribution in [0, 0.1) is 11.3 Å². The molecular formula is C21H14ClN3O2. The van der Waals surface area contributed by atoms with Crippen LogP contribution < -0.4 is 4.74 Å². The molecule has 27 heavy (non-hydrogen) atoms.